The minimum Gasteiger partial charge on any atom is -0.383 e. The van der Waals surface area contributed by atoms with Crippen LogP contribution in [-0.4, -0.2) is 5.11 Å². The van der Waals surface area contributed by atoms with E-state index >= 15 is 0 Å². The summed E-state index contributed by atoms with van der Waals surface area (Å²) in [5.41, 5.74) is 2.18. The third kappa shape index (κ3) is 2.26. The third-order valence-electron chi connectivity index (χ3n) is 3.76. The van der Waals surface area contributed by atoms with Crippen molar-refractivity contribution in [2.24, 2.45) is 0 Å². The van der Waals surface area contributed by atoms with Crippen LogP contribution in [0.15, 0.2) is 48.5 Å². The van der Waals surface area contributed by atoms with Crippen LogP contribution in [0.2, 0.25) is 0 Å². The lowest BCUT2D eigenvalue weighted by Crippen LogP contribution is -2.01. The standard InChI is InChI=1S/C18H18OS/c1-3-14-10-11-16(20-14)18(19)17-12(2)8-9-13-6-4-5-7-15(13)17/h4-11,18-19H,3H2,1-2H3. The zero-order valence-corrected chi connectivity index (χ0v) is 12.6. The summed E-state index contributed by atoms with van der Waals surface area (Å²) in [5, 5.41) is 13.1. The van der Waals surface area contributed by atoms with Gasteiger partial charge in [0.15, 0.2) is 0 Å². The van der Waals surface area contributed by atoms with Gasteiger partial charge >= 0.3 is 0 Å². The Morgan fingerprint density at radius 2 is 1.85 bits per heavy atom. The molecule has 0 spiro atoms. The number of aryl methyl sites for hydroxylation is 2. The van der Waals surface area contributed by atoms with Gasteiger partial charge in [-0.3, -0.25) is 0 Å². The van der Waals surface area contributed by atoms with Gasteiger partial charge in [0, 0.05) is 9.75 Å². The Kier molecular flexibility index (Phi) is 3.60. The molecule has 1 heterocycles. The number of hydrogen-bond donors (Lipinski definition) is 1. The topological polar surface area (TPSA) is 20.2 Å². The van der Waals surface area contributed by atoms with Crippen LogP contribution in [0, 0.1) is 6.92 Å². The highest BCUT2D eigenvalue weighted by Gasteiger charge is 2.17. The van der Waals surface area contributed by atoms with Gasteiger partial charge in [-0.25, -0.2) is 0 Å². The molecule has 1 atom stereocenters. The first kappa shape index (κ1) is 13.3. The lowest BCUT2D eigenvalue weighted by atomic mass is 9.95. The molecule has 0 radical (unpaired) electrons. The van der Waals surface area contributed by atoms with Crippen molar-refractivity contribution in [2.45, 2.75) is 26.4 Å². The molecule has 1 nitrogen and oxygen atoms in total. The van der Waals surface area contributed by atoms with E-state index < -0.39 is 6.10 Å². The summed E-state index contributed by atoms with van der Waals surface area (Å²) in [5.74, 6) is 0. The van der Waals surface area contributed by atoms with Gasteiger partial charge in [-0.2, -0.15) is 0 Å². The molecule has 0 aliphatic carbocycles. The van der Waals surface area contributed by atoms with Gasteiger partial charge in [0.25, 0.3) is 0 Å². The van der Waals surface area contributed by atoms with Crippen molar-refractivity contribution in [2.75, 3.05) is 0 Å². The largest absolute Gasteiger partial charge is 0.383 e. The molecule has 102 valence electrons. The molecule has 0 bridgehead atoms. The number of rotatable bonds is 3. The van der Waals surface area contributed by atoms with Crippen LogP contribution in [-0.2, 0) is 6.42 Å². The average Bonchev–Trinajstić information content (AvgIpc) is 2.95. The highest BCUT2D eigenvalue weighted by molar-refractivity contribution is 7.12. The first-order valence-electron chi connectivity index (χ1n) is 6.95. The van der Waals surface area contributed by atoms with Crippen molar-refractivity contribution in [3.05, 3.63) is 69.4 Å². The van der Waals surface area contributed by atoms with Gasteiger partial charge in [-0.05, 0) is 47.4 Å². The second-order valence-corrected chi connectivity index (χ2v) is 6.28. The Bertz CT molecular complexity index is 742. The monoisotopic (exact) mass is 282 g/mol. The van der Waals surface area contributed by atoms with Crippen molar-refractivity contribution in [1.82, 2.24) is 0 Å². The summed E-state index contributed by atoms with van der Waals surface area (Å²) >= 11 is 1.70. The molecule has 3 rings (SSSR count). The predicted molar refractivity (Wildman–Crippen MR) is 86.4 cm³/mol. The number of thiophene rings is 1. The Labute approximate surface area is 123 Å². The number of aliphatic hydroxyl groups is 1. The maximum absolute atomic E-state index is 10.8. The molecule has 0 aliphatic heterocycles. The minimum absolute atomic E-state index is 0.536. The van der Waals surface area contributed by atoms with E-state index in [1.807, 2.05) is 12.1 Å². The summed E-state index contributed by atoms with van der Waals surface area (Å²) in [6.07, 6.45) is 0.484. The van der Waals surface area contributed by atoms with E-state index in [1.165, 1.54) is 10.3 Å². The van der Waals surface area contributed by atoms with Gasteiger partial charge < -0.3 is 5.11 Å². The fourth-order valence-corrected chi connectivity index (χ4v) is 3.59. The summed E-state index contributed by atoms with van der Waals surface area (Å²) < 4.78 is 0. The molecule has 1 N–H and O–H groups in total. The van der Waals surface area contributed by atoms with Crippen molar-refractivity contribution in [3.63, 3.8) is 0 Å². The first-order chi connectivity index (χ1) is 9.70. The van der Waals surface area contributed by atoms with E-state index in [2.05, 4.69) is 50.2 Å². The summed E-state index contributed by atoms with van der Waals surface area (Å²) in [6, 6.07) is 16.6. The van der Waals surface area contributed by atoms with Crippen LogP contribution < -0.4 is 0 Å². The van der Waals surface area contributed by atoms with Gasteiger partial charge in [0.05, 0.1) is 0 Å². The van der Waals surface area contributed by atoms with Crippen LogP contribution in [0.4, 0.5) is 0 Å². The molecule has 0 saturated carbocycles. The lowest BCUT2D eigenvalue weighted by Gasteiger charge is -2.15. The second-order valence-electron chi connectivity index (χ2n) is 5.08. The summed E-state index contributed by atoms with van der Waals surface area (Å²) in [6.45, 7) is 4.21. The van der Waals surface area contributed by atoms with Gasteiger partial charge in [-0.15, -0.1) is 11.3 Å². The van der Waals surface area contributed by atoms with E-state index in [4.69, 9.17) is 0 Å². The highest BCUT2D eigenvalue weighted by atomic mass is 32.1. The Balaban J connectivity index is 2.15. The zero-order valence-electron chi connectivity index (χ0n) is 11.8. The zero-order chi connectivity index (χ0) is 14.1. The molecular weight excluding hydrogens is 264 g/mol. The van der Waals surface area contributed by atoms with Crippen molar-refractivity contribution in [3.8, 4) is 0 Å². The molecule has 0 amide bonds. The van der Waals surface area contributed by atoms with E-state index in [-0.39, 0.29) is 0 Å². The van der Waals surface area contributed by atoms with Crippen molar-refractivity contribution >= 4 is 22.1 Å². The van der Waals surface area contributed by atoms with E-state index in [9.17, 15) is 5.11 Å². The SMILES string of the molecule is CCc1ccc(C(O)c2c(C)ccc3ccccc23)s1. The molecule has 2 aromatic carbocycles. The molecule has 1 aromatic heterocycles. The number of fused-ring (bicyclic) bond motifs is 1. The molecule has 0 aliphatic rings. The van der Waals surface area contributed by atoms with E-state index in [0.29, 0.717) is 0 Å². The fourth-order valence-electron chi connectivity index (χ4n) is 2.64. The second kappa shape index (κ2) is 5.39. The Morgan fingerprint density at radius 1 is 1.05 bits per heavy atom. The molecule has 20 heavy (non-hydrogen) atoms. The average molecular weight is 282 g/mol. The smallest absolute Gasteiger partial charge is 0.114 e. The third-order valence-corrected chi connectivity index (χ3v) is 5.04. The predicted octanol–water partition coefficient (Wildman–Crippen LogP) is 4.85. The number of aliphatic hydroxyl groups excluding tert-OH is 1. The van der Waals surface area contributed by atoms with Crippen LogP contribution in [0.25, 0.3) is 10.8 Å². The minimum atomic E-state index is -0.536. The van der Waals surface area contributed by atoms with Crippen LogP contribution in [0.5, 0.6) is 0 Å². The molecule has 3 aromatic rings. The lowest BCUT2D eigenvalue weighted by molar-refractivity contribution is 0.225. The number of benzene rings is 2. The molecule has 2 heteroatoms. The van der Waals surface area contributed by atoms with Crippen LogP contribution in [0.1, 0.15) is 33.9 Å². The van der Waals surface area contributed by atoms with Gasteiger partial charge in [0.2, 0.25) is 0 Å². The number of hydrogen-bond acceptors (Lipinski definition) is 2. The molecule has 0 fully saturated rings. The first-order valence-corrected chi connectivity index (χ1v) is 7.77. The van der Waals surface area contributed by atoms with Gasteiger partial charge in [-0.1, -0.05) is 43.3 Å². The summed E-state index contributed by atoms with van der Waals surface area (Å²) in [7, 11) is 0. The maximum atomic E-state index is 10.8. The summed E-state index contributed by atoms with van der Waals surface area (Å²) in [4.78, 5) is 2.35. The van der Waals surface area contributed by atoms with Crippen molar-refractivity contribution < 1.29 is 5.11 Å². The quantitative estimate of drug-likeness (QED) is 0.727. The maximum Gasteiger partial charge on any atom is 0.114 e. The van der Waals surface area contributed by atoms with E-state index in [1.54, 1.807) is 11.3 Å². The molecule has 0 saturated heterocycles. The Morgan fingerprint density at radius 3 is 2.60 bits per heavy atom. The van der Waals surface area contributed by atoms with Gasteiger partial charge in [0.1, 0.15) is 6.10 Å². The molecular formula is C18H18OS. The van der Waals surface area contributed by atoms with Crippen molar-refractivity contribution in [1.29, 1.82) is 0 Å². The highest BCUT2D eigenvalue weighted by Crippen LogP contribution is 2.34. The van der Waals surface area contributed by atoms with Crippen LogP contribution in [0.3, 0.4) is 0 Å². The fraction of sp³-hybridized carbons (Fsp3) is 0.222. The normalized spacial score (nSPS) is 12.8. The Hall–Kier alpha value is -1.64. The van der Waals surface area contributed by atoms with Crippen LogP contribution >= 0.6 is 11.3 Å². The molecule has 1 unspecified atom stereocenters. The van der Waals surface area contributed by atoms with E-state index in [0.717, 1.165) is 27.8 Å².